The molecule has 19 heavy (non-hydrogen) atoms. The molecule has 0 radical (unpaired) electrons. The third-order valence-corrected chi connectivity index (χ3v) is 5.29. The van der Waals surface area contributed by atoms with Crippen LogP contribution in [0.25, 0.3) is 10.4 Å². The minimum atomic E-state index is -3.48. The number of sulfone groups is 2. The van der Waals surface area contributed by atoms with Gasteiger partial charge in [0.05, 0.1) is 15.5 Å². The van der Waals surface area contributed by atoms with E-state index >= 15 is 0 Å². The Morgan fingerprint density at radius 2 is 1.63 bits per heavy atom. The van der Waals surface area contributed by atoms with Crippen LogP contribution < -0.4 is 0 Å². The van der Waals surface area contributed by atoms with Crippen LogP contribution in [0, 0.1) is 0 Å². The summed E-state index contributed by atoms with van der Waals surface area (Å²) < 4.78 is 46.2. The number of nitrogens with zero attached hydrogens (tertiary/aromatic N) is 3. The van der Waals surface area contributed by atoms with E-state index in [1.807, 2.05) is 0 Å². The van der Waals surface area contributed by atoms with E-state index in [1.165, 1.54) is 24.3 Å². The normalized spacial score (nSPS) is 11.8. The Morgan fingerprint density at radius 1 is 1.11 bits per heavy atom. The molecule has 1 rings (SSSR count). The third-order valence-electron chi connectivity index (χ3n) is 2.35. The van der Waals surface area contributed by atoms with Gasteiger partial charge < -0.3 is 0 Å². The van der Waals surface area contributed by atoms with Gasteiger partial charge in [0.1, 0.15) is 0 Å². The van der Waals surface area contributed by atoms with E-state index < -0.39 is 19.7 Å². The summed E-state index contributed by atoms with van der Waals surface area (Å²) in [5.41, 5.74) is 8.07. The SMILES string of the molecule is CS(=O)(=O)c1ccc(S(=O)(=O)CCCN=[N+]=[N-])cc1. The third kappa shape index (κ3) is 4.55. The fraction of sp³-hybridized carbons (Fsp3) is 0.400. The van der Waals surface area contributed by atoms with Crippen LogP contribution in [0.15, 0.2) is 39.2 Å². The van der Waals surface area contributed by atoms with Gasteiger partial charge in [-0.3, -0.25) is 0 Å². The van der Waals surface area contributed by atoms with Crippen molar-refractivity contribution in [2.24, 2.45) is 5.11 Å². The second kappa shape index (κ2) is 6.05. The van der Waals surface area contributed by atoms with E-state index in [-0.39, 0.29) is 28.5 Å². The average Bonchev–Trinajstić information content (AvgIpc) is 2.34. The number of benzene rings is 1. The molecule has 0 fully saturated rings. The van der Waals surface area contributed by atoms with Gasteiger partial charge in [-0.1, -0.05) is 5.11 Å². The highest BCUT2D eigenvalue weighted by molar-refractivity contribution is 7.91. The first-order valence-electron chi connectivity index (χ1n) is 5.31. The standard InChI is InChI=1S/C10H13N3O4S2/c1-18(14,15)9-3-5-10(6-4-9)19(16,17)8-2-7-12-13-11/h3-6H,2,7-8H2,1H3. The summed E-state index contributed by atoms with van der Waals surface area (Å²) in [4.78, 5) is 2.66. The molecule has 0 aromatic heterocycles. The van der Waals surface area contributed by atoms with Crippen molar-refractivity contribution in [3.05, 3.63) is 34.7 Å². The van der Waals surface area contributed by atoms with Crippen LogP contribution in [0.1, 0.15) is 6.42 Å². The van der Waals surface area contributed by atoms with E-state index in [0.717, 1.165) is 6.26 Å². The van der Waals surface area contributed by atoms with Crippen molar-refractivity contribution in [1.29, 1.82) is 0 Å². The second-order valence-electron chi connectivity index (χ2n) is 3.87. The topological polar surface area (TPSA) is 117 Å². The molecule has 0 amide bonds. The Bertz CT molecular complexity index is 687. The maximum atomic E-state index is 11.9. The van der Waals surface area contributed by atoms with Gasteiger partial charge in [-0.15, -0.1) is 0 Å². The molecule has 9 heteroatoms. The molecule has 7 nitrogen and oxygen atoms in total. The summed E-state index contributed by atoms with van der Waals surface area (Å²) in [5, 5.41) is 3.25. The summed E-state index contributed by atoms with van der Waals surface area (Å²) in [6.07, 6.45) is 1.27. The average molecular weight is 303 g/mol. The van der Waals surface area contributed by atoms with Gasteiger partial charge >= 0.3 is 0 Å². The molecule has 1 aromatic carbocycles. The van der Waals surface area contributed by atoms with Crippen LogP contribution in [-0.2, 0) is 19.7 Å². The number of azide groups is 1. The molecule has 0 N–H and O–H groups in total. The van der Waals surface area contributed by atoms with Crippen molar-refractivity contribution in [2.75, 3.05) is 18.6 Å². The molecule has 0 aliphatic rings. The van der Waals surface area contributed by atoms with Gasteiger partial charge in [0.25, 0.3) is 0 Å². The van der Waals surface area contributed by atoms with Gasteiger partial charge in [0, 0.05) is 17.7 Å². The summed E-state index contributed by atoms with van der Waals surface area (Å²) in [6, 6.07) is 5.05. The predicted molar refractivity (Wildman–Crippen MR) is 70.2 cm³/mol. The lowest BCUT2D eigenvalue weighted by molar-refractivity contribution is 0.592. The van der Waals surface area contributed by atoms with E-state index in [0.29, 0.717) is 0 Å². The lowest BCUT2D eigenvalue weighted by Gasteiger charge is -2.04. The Hall–Kier alpha value is -1.57. The highest BCUT2D eigenvalue weighted by Gasteiger charge is 2.15. The zero-order chi connectivity index (χ0) is 14.5. The second-order valence-corrected chi connectivity index (χ2v) is 8.00. The van der Waals surface area contributed by atoms with E-state index in [2.05, 4.69) is 10.0 Å². The minimum Gasteiger partial charge on any atom is -0.224 e. The zero-order valence-electron chi connectivity index (χ0n) is 10.2. The molecule has 0 aliphatic heterocycles. The molecule has 104 valence electrons. The predicted octanol–water partition coefficient (Wildman–Crippen LogP) is 1.56. The molecular weight excluding hydrogens is 290 g/mol. The summed E-state index contributed by atoms with van der Waals surface area (Å²) in [6.45, 7) is 0.108. The van der Waals surface area contributed by atoms with Crippen molar-refractivity contribution < 1.29 is 16.8 Å². The molecule has 0 aliphatic carbocycles. The largest absolute Gasteiger partial charge is 0.224 e. The van der Waals surface area contributed by atoms with Crippen molar-refractivity contribution in [3.8, 4) is 0 Å². The molecule has 0 spiro atoms. The first kappa shape index (κ1) is 15.5. The van der Waals surface area contributed by atoms with Gasteiger partial charge in [0.2, 0.25) is 0 Å². The van der Waals surface area contributed by atoms with E-state index in [4.69, 9.17) is 5.53 Å². The first-order valence-corrected chi connectivity index (χ1v) is 8.85. The molecular formula is C10H13N3O4S2. The number of rotatable bonds is 6. The van der Waals surface area contributed by atoms with Crippen molar-refractivity contribution in [1.82, 2.24) is 0 Å². The quantitative estimate of drug-likeness (QED) is 0.343. The van der Waals surface area contributed by atoms with Crippen molar-refractivity contribution in [2.45, 2.75) is 16.2 Å². The first-order chi connectivity index (χ1) is 8.77. The zero-order valence-corrected chi connectivity index (χ0v) is 11.9. The highest BCUT2D eigenvalue weighted by Crippen LogP contribution is 2.16. The van der Waals surface area contributed by atoms with Gasteiger partial charge in [-0.25, -0.2) is 16.8 Å². The Morgan fingerprint density at radius 3 is 2.11 bits per heavy atom. The summed E-state index contributed by atoms with van der Waals surface area (Å²) >= 11 is 0. The number of hydrogen-bond acceptors (Lipinski definition) is 5. The van der Waals surface area contributed by atoms with Crippen LogP contribution in [0.3, 0.4) is 0 Å². The molecule has 0 unspecified atom stereocenters. The van der Waals surface area contributed by atoms with Gasteiger partial charge in [-0.05, 0) is 36.2 Å². The van der Waals surface area contributed by atoms with Crippen LogP contribution in [0.2, 0.25) is 0 Å². The van der Waals surface area contributed by atoms with Crippen LogP contribution in [-0.4, -0.2) is 35.4 Å². The molecule has 1 aromatic rings. The Balaban J connectivity index is 2.88. The van der Waals surface area contributed by atoms with Crippen LogP contribution >= 0.6 is 0 Å². The lowest BCUT2D eigenvalue weighted by Crippen LogP contribution is -2.08. The van der Waals surface area contributed by atoms with Crippen LogP contribution in [0.4, 0.5) is 0 Å². The highest BCUT2D eigenvalue weighted by atomic mass is 32.2. The summed E-state index contributed by atoms with van der Waals surface area (Å²) in [5.74, 6) is -0.149. The Kier molecular flexibility index (Phi) is 4.93. The monoisotopic (exact) mass is 303 g/mol. The van der Waals surface area contributed by atoms with E-state index in [1.54, 1.807) is 0 Å². The molecule has 0 saturated heterocycles. The fourth-order valence-corrected chi connectivity index (χ4v) is 3.31. The van der Waals surface area contributed by atoms with Gasteiger partial charge in [0.15, 0.2) is 19.7 Å². The Labute approximate surface area is 111 Å². The molecule has 0 atom stereocenters. The molecule has 0 saturated carbocycles. The maximum Gasteiger partial charge on any atom is 0.178 e. The lowest BCUT2D eigenvalue weighted by atomic mass is 10.4. The minimum absolute atomic E-state index is 0.0563. The number of hydrogen-bond donors (Lipinski definition) is 0. The molecule has 0 heterocycles. The van der Waals surface area contributed by atoms with E-state index in [9.17, 15) is 16.8 Å². The summed E-state index contributed by atoms with van der Waals surface area (Å²) in [7, 11) is -6.82. The molecule has 0 bridgehead atoms. The maximum absolute atomic E-state index is 11.9. The fourth-order valence-electron chi connectivity index (χ4n) is 1.38. The van der Waals surface area contributed by atoms with Crippen LogP contribution in [0.5, 0.6) is 0 Å². The van der Waals surface area contributed by atoms with Crippen molar-refractivity contribution >= 4 is 19.7 Å². The smallest absolute Gasteiger partial charge is 0.178 e. The van der Waals surface area contributed by atoms with Crippen molar-refractivity contribution in [3.63, 3.8) is 0 Å². The van der Waals surface area contributed by atoms with Gasteiger partial charge in [-0.2, -0.15) is 0 Å².